The molecule has 1 fully saturated rings. The third-order valence-electron chi connectivity index (χ3n) is 3.03. The minimum Gasteiger partial charge on any atom is -0.394 e. The number of hydrogen-bond acceptors (Lipinski definition) is 4. The molecule has 0 amide bonds. The van der Waals surface area contributed by atoms with Crippen molar-refractivity contribution in [2.24, 2.45) is 5.92 Å². The molecule has 1 heterocycles. The molecule has 2 N–H and O–H groups in total. The van der Waals surface area contributed by atoms with E-state index in [0.717, 1.165) is 12.8 Å². The van der Waals surface area contributed by atoms with E-state index in [1.54, 1.807) is 13.0 Å². The molecule has 0 radical (unpaired) electrons. The monoisotopic (exact) mass is 241 g/mol. The van der Waals surface area contributed by atoms with Gasteiger partial charge >= 0.3 is 0 Å². The smallest absolute Gasteiger partial charge is 0.134 e. The summed E-state index contributed by atoms with van der Waals surface area (Å²) in [5.41, 5.74) is -0.301. The lowest BCUT2D eigenvalue weighted by molar-refractivity contribution is 0.205. The Kier molecular flexibility index (Phi) is 3.04. The molecule has 1 aromatic rings. The van der Waals surface area contributed by atoms with Gasteiger partial charge in [-0.15, -0.1) is 0 Å². The Morgan fingerprint density at radius 2 is 2.25 bits per heavy atom. The molecule has 0 bridgehead atoms. The molecule has 88 valence electrons. The fourth-order valence-corrected chi connectivity index (χ4v) is 2.10. The lowest BCUT2D eigenvalue weighted by atomic mass is 9.97. The summed E-state index contributed by atoms with van der Waals surface area (Å²) in [6, 6.07) is 1.69. The highest BCUT2D eigenvalue weighted by Gasteiger charge is 2.41. The largest absolute Gasteiger partial charge is 0.394 e. The maximum absolute atomic E-state index is 9.46. The predicted molar refractivity (Wildman–Crippen MR) is 63.6 cm³/mol. The summed E-state index contributed by atoms with van der Waals surface area (Å²) in [4.78, 5) is 8.26. The molecule has 1 atom stereocenters. The molecule has 0 spiro atoms. The lowest BCUT2D eigenvalue weighted by Crippen LogP contribution is -2.41. The van der Waals surface area contributed by atoms with E-state index in [9.17, 15) is 5.11 Å². The SMILES string of the molecule is Cc1nc(Cl)cc(NC(C)(CO)C2CC2)n1. The zero-order valence-corrected chi connectivity index (χ0v) is 10.3. The molecular formula is C11H16ClN3O. The summed E-state index contributed by atoms with van der Waals surface area (Å²) in [5, 5.41) is 13.1. The molecule has 2 rings (SSSR count). The summed E-state index contributed by atoms with van der Waals surface area (Å²) in [6.45, 7) is 3.90. The van der Waals surface area contributed by atoms with Crippen LogP contribution in [-0.4, -0.2) is 27.2 Å². The molecule has 0 aliphatic heterocycles. The van der Waals surface area contributed by atoms with Gasteiger partial charge in [0.25, 0.3) is 0 Å². The second kappa shape index (κ2) is 4.18. The van der Waals surface area contributed by atoms with Gasteiger partial charge in [0, 0.05) is 6.07 Å². The van der Waals surface area contributed by atoms with Crippen LogP contribution in [0.1, 0.15) is 25.6 Å². The highest BCUT2D eigenvalue weighted by atomic mass is 35.5. The lowest BCUT2D eigenvalue weighted by Gasteiger charge is -2.29. The molecule has 5 heteroatoms. The van der Waals surface area contributed by atoms with Gasteiger partial charge in [0.2, 0.25) is 0 Å². The van der Waals surface area contributed by atoms with Crippen molar-refractivity contribution in [2.75, 3.05) is 11.9 Å². The Morgan fingerprint density at radius 1 is 1.56 bits per heavy atom. The number of halogens is 1. The minimum absolute atomic E-state index is 0.0956. The number of aliphatic hydroxyl groups excluding tert-OH is 1. The fraction of sp³-hybridized carbons (Fsp3) is 0.636. The van der Waals surface area contributed by atoms with Gasteiger partial charge in [0.15, 0.2) is 0 Å². The predicted octanol–water partition coefficient (Wildman–Crippen LogP) is 2.01. The molecule has 0 aromatic carbocycles. The van der Waals surface area contributed by atoms with E-state index in [1.165, 1.54) is 0 Å². The zero-order chi connectivity index (χ0) is 11.8. The van der Waals surface area contributed by atoms with Crippen molar-refractivity contribution in [3.63, 3.8) is 0 Å². The van der Waals surface area contributed by atoms with E-state index >= 15 is 0 Å². The Bertz CT molecular complexity index is 375. The van der Waals surface area contributed by atoms with Crippen LogP contribution in [0.15, 0.2) is 6.07 Å². The van der Waals surface area contributed by atoms with Crippen LogP contribution in [0.25, 0.3) is 0 Å². The molecule has 1 aliphatic rings. The summed E-state index contributed by atoms with van der Waals surface area (Å²) in [5.74, 6) is 1.83. The molecule has 1 unspecified atom stereocenters. The highest BCUT2D eigenvalue weighted by Crippen LogP contribution is 2.41. The van der Waals surface area contributed by atoms with E-state index < -0.39 is 0 Å². The van der Waals surface area contributed by atoms with E-state index in [-0.39, 0.29) is 12.1 Å². The van der Waals surface area contributed by atoms with Crippen molar-refractivity contribution >= 4 is 17.4 Å². The van der Waals surface area contributed by atoms with Crippen molar-refractivity contribution in [3.05, 3.63) is 17.0 Å². The van der Waals surface area contributed by atoms with E-state index in [4.69, 9.17) is 11.6 Å². The van der Waals surface area contributed by atoms with Crippen LogP contribution in [0.5, 0.6) is 0 Å². The van der Waals surface area contributed by atoms with Crippen LogP contribution in [-0.2, 0) is 0 Å². The van der Waals surface area contributed by atoms with E-state index in [1.807, 2.05) is 6.92 Å². The van der Waals surface area contributed by atoms with E-state index in [2.05, 4.69) is 15.3 Å². The Balaban J connectivity index is 2.18. The van der Waals surface area contributed by atoms with Crippen LogP contribution in [0, 0.1) is 12.8 Å². The molecule has 1 aromatic heterocycles. The third kappa shape index (κ3) is 2.44. The number of nitrogens with zero attached hydrogens (tertiary/aromatic N) is 2. The number of anilines is 1. The molecule has 1 aliphatic carbocycles. The molecule has 1 saturated carbocycles. The number of aliphatic hydroxyl groups is 1. The van der Waals surface area contributed by atoms with Crippen LogP contribution in [0.2, 0.25) is 5.15 Å². The average Bonchev–Trinajstić information content (AvgIpc) is 2.98. The highest BCUT2D eigenvalue weighted by molar-refractivity contribution is 6.29. The second-order valence-electron chi connectivity index (χ2n) is 4.60. The van der Waals surface area contributed by atoms with Crippen LogP contribution in [0.4, 0.5) is 5.82 Å². The van der Waals surface area contributed by atoms with Gasteiger partial charge in [-0.2, -0.15) is 0 Å². The van der Waals surface area contributed by atoms with Crippen LogP contribution in [0.3, 0.4) is 0 Å². The van der Waals surface area contributed by atoms with Gasteiger partial charge in [-0.1, -0.05) is 11.6 Å². The summed E-state index contributed by atoms with van der Waals surface area (Å²) in [6.07, 6.45) is 2.31. The minimum atomic E-state index is -0.301. The van der Waals surface area contributed by atoms with Gasteiger partial charge in [-0.3, -0.25) is 0 Å². The van der Waals surface area contributed by atoms with Crippen LogP contribution < -0.4 is 5.32 Å². The van der Waals surface area contributed by atoms with Gasteiger partial charge < -0.3 is 10.4 Å². The number of aromatic nitrogens is 2. The molecule has 4 nitrogen and oxygen atoms in total. The standard InChI is InChI=1S/C11H16ClN3O/c1-7-13-9(12)5-10(14-7)15-11(2,6-16)8-3-4-8/h5,8,16H,3-4,6H2,1-2H3,(H,13,14,15). The van der Waals surface area contributed by atoms with Crippen molar-refractivity contribution in [1.82, 2.24) is 9.97 Å². The first-order chi connectivity index (χ1) is 7.53. The quantitative estimate of drug-likeness (QED) is 0.792. The Hall–Kier alpha value is -0.870. The summed E-state index contributed by atoms with van der Waals surface area (Å²) in [7, 11) is 0. The first-order valence-corrected chi connectivity index (χ1v) is 5.81. The topological polar surface area (TPSA) is 58.0 Å². The molecule has 16 heavy (non-hydrogen) atoms. The maximum Gasteiger partial charge on any atom is 0.134 e. The van der Waals surface area contributed by atoms with Crippen molar-refractivity contribution < 1.29 is 5.11 Å². The van der Waals surface area contributed by atoms with Gasteiger partial charge in [-0.05, 0) is 32.6 Å². The maximum atomic E-state index is 9.46. The fourth-order valence-electron chi connectivity index (χ4n) is 1.88. The van der Waals surface area contributed by atoms with E-state index in [0.29, 0.717) is 22.7 Å². The summed E-state index contributed by atoms with van der Waals surface area (Å²) >= 11 is 5.86. The third-order valence-corrected chi connectivity index (χ3v) is 3.22. The summed E-state index contributed by atoms with van der Waals surface area (Å²) < 4.78 is 0. The number of hydrogen-bond donors (Lipinski definition) is 2. The normalized spacial score (nSPS) is 19.2. The second-order valence-corrected chi connectivity index (χ2v) is 4.99. The van der Waals surface area contributed by atoms with Gasteiger partial charge in [0.1, 0.15) is 16.8 Å². The number of rotatable bonds is 4. The van der Waals surface area contributed by atoms with Gasteiger partial charge in [-0.25, -0.2) is 9.97 Å². The number of nitrogens with one attached hydrogen (secondary N) is 1. The van der Waals surface area contributed by atoms with Crippen molar-refractivity contribution in [3.8, 4) is 0 Å². The van der Waals surface area contributed by atoms with Crippen LogP contribution >= 0.6 is 11.6 Å². The van der Waals surface area contributed by atoms with Crippen molar-refractivity contribution in [1.29, 1.82) is 0 Å². The first-order valence-electron chi connectivity index (χ1n) is 5.44. The van der Waals surface area contributed by atoms with Crippen molar-refractivity contribution in [2.45, 2.75) is 32.2 Å². The average molecular weight is 242 g/mol. The number of aryl methyl sites for hydroxylation is 1. The Labute approximate surface area is 100 Å². The molecule has 0 saturated heterocycles. The zero-order valence-electron chi connectivity index (χ0n) is 9.50. The Morgan fingerprint density at radius 3 is 2.75 bits per heavy atom. The van der Waals surface area contributed by atoms with Gasteiger partial charge in [0.05, 0.1) is 12.1 Å². The first kappa shape index (κ1) is 11.6. The molecular weight excluding hydrogens is 226 g/mol.